The standard InChI is InChI=1S/C48H29NOS/c1-2-10-33-26-36(17-16-30(33)8-1)31-18-20-37(21-19-31)49(43-15-7-13-32-9-5-6-14-39(32)43)38-22-23-41-45(29-38)50-44-25-24-40-42-27-34-11-3-4-12-35(34)28-46(42)51-48(40)47(41)44/h1-29H. The molecule has 0 aliphatic rings. The van der Waals surface area contributed by atoms with Gasteiger partial charge < -0.3 is 9.32 Å². The maximum Gasteiger partial charge on any atom is 0.137 e. The molecule has 11 rings (SSSR count). The van der Waals surface area contributed by atoms with E-state index in [1.54, 1.807) is 0 Å². The van der Waals surface area contributed by atoms with Gasteiger partial charge in [0.1, 0.15) is 11.2 Å². The van der Waals surface area contributed by atoms with Crippen LogP contribution in [0.3, 0.4) is 0 Å². The predicted molar refractivity (Wildman–Crippen MR) is 219 cm³/mol. The van der Waals surface area contributed by atoms with Gasteiger partial charge in [0, 0.05) is 53.8 Å². The highest BCUT2D eigenvalue weighted by Gasteiger charge is 2.20. The SMILES string of the molecule is c1ccc2cc(-c3ccc(N(c4ccc5c(c4)oc4ccc6c7cc8ccccc8cc7sc6c45)c4cccc5ccccc45)cc3)ccc2c1. The molecule has 0 spiro atoms. The van der Waals surface area contributed by atoms with Crippen LogP contribution < -0.4 is 4.90 Å². The van der Waals surface area contributed by atoms with Crippen LogP contribution in [0.4, 0.5) is 17.1 Å². The van der Waals surface area contributed by atoms with Gasteiger partial charge in [0.2, 0.25) is 0 Å². The van der Waals surface area contributed by atoms with Gasteiger partial charge in [-0.15, -0.1) is 11.3 Å². The van der Waals surface area contributed by atoms with E-state index in [1.807, 2.05) is 11.3 Å². The van der Waals surface area contributed by atoms with Gasteiger partial charge in [-0.2, -0.15) is 0 Å². The zero-order chi connectivity index (χ0) is 33.5. The Hall–Kier alpha value is -6.42. The second-order valence-corrected chi connectivity index (χ2v) is 14.4. The molecule has 2 nitrogen and oxygen atoms in total. The molecule has 0 aliphatic carbocycles. The Morgan fingerprint density at radius 3 is 1.90 bits per heavy atom. The molecular formula is C48H29NOS. The lowest BCUT2D eigenvalue weighted by atomic mass is 10.0. The number of hydrogen-bond acceptors (Lipinski definition) is 3. The highest BCUT2D eigenvalue weighted by atomic mass is 32.1. The Morgan fingerprint density at radius 2 is 1.06 bits per heavy atom. The normalized spacial score (nSPS) is 11.9. The molecule has 2 heterocycles. The van der Waals surface area contributed by atoms with Gasteiger partial charge in [-0.05, 0) is 98.7 Å². The molecule has 238 valence electrons. The molecule has 3 heteroatoms. The highest BCUT2D eigenvalue weighted by Crippen LogP contribution is 2.46. The summed E-state index contributed by atoms with van der Waals surface area (Å²) >= 11 is 1.86. The highest BCUT2D eigenvalue weighted by molar-refractivity contribution is 7.26. The molecule has 2 aromatic heterocycles. The molecule has 9 aromatic carbocycles. The molecule has 51 heavy (non-hydrogen) atoms. The van der Waals surface area contributed by atoms with Gasteiger partial charge in [0.25, 0.3) is 0 Å². The zero-order valence-electron chi connectivity index (χ0n) is 27.5. The molecular weight excluding hydrogens is 639 g/mol. The fourth-order valence-corrected chi connectivity index (χ4v) is 9.19. The second kappa shape index (κ2) is 11.0. The Bertz CT molecular complexity index is 3140. The van der Waals surface area contributed by atoms with Gasteiger partial charge >= 0.3 is 0 Å². The van der Waals surface area contributed by atoms with Crippen molar-refractivity contribution in [2.45, 2.75) is 0 Å². The van der Waals surface area contributed by atoms with Crippen LogP contribution in [0.1, 0.15) is 0 Å². The van der Waals surface area contributed by atoms with E-state index in [0.717, 1.165) is 33.6 Å². The van der Waals surface area contributed by atoms with Crippen LogP contribution in [0.25, 0.3) is 85.6 Å². The number of thiophene rings is 1. The third-order valence-corrected chi connectivity index (χ3v) is 11.6. The summed E-state index contributed by atoms with van der Waals surface area (Å²) in [5.74, 6) is 0. The van der Waals surface area contributed by atoms with Gasteiger partial charge in [-0.25, -0.2) is 0 Å². The van der Waals surface area contributed by atoms with Crippen LogP contribution in [0.15, 0.2) is 180 Å². The molecule has 0 saturated heterocycles. The smallest absolute Gasteiger partial charge is 0.137 e. The molecule has 0 saturated carbocycles. The van der Waals surface area contributed by atoms with Crippen molar-refractivity contribution in [2.24, 2.45) is 0 Å². The average Bonchev–Trinajstić information content (AvgIpc) is 3.74. The van der Waals surface area contributed by atoms with E-state index in [2.05, 4.69) is 181 Å². The van der Waals surface area contributed by atoms with Gasteiger partial charge in [0.05, 0.1) is 5.69 Å². The maximum absolute atomic E-state index is 6.68. The van der Waals surface area contributed by atoms with Crippen molar-refractivity contribution in [1.29, 1.82) is 0 Å². The number of benzene rings is 9. The first kappa shape index (κ1) is 28.4. The minimum absolute atomic E-state index is 0.885. The van der Waals surface area contributed by atoms with Crippen LogP contribution in [0.2, 0.25) is 0 Å². The molecule has 0 unspecified atom stereocenters. The van der Waals surface area contributed by atoms with E-state index in [4.69, 9.17) is 4.42 Å². The molecule has 0 radical (unpaired) electrons. The summed E-state index contributed by atoms with van der Waals surface area (Å²) in [5.41, 5.74) is 7.47. The van der Waals surface area contributed by atoms with E-state index in [0.29, 0.717) is 0 Å². The third kappa shape index (κ3) is 4.49. The zero-order valence-corrected chi connectivity index (χ0v) is 28.3. The molecule has 0 fully saturated rings. The van der Waals surface area contributed by atoms with Crippen molar-refractivity contribution in [1.82, 2.24) is 0 Å². The van der Waals surface area contributed by atoms with Crippen molar-refractivity contribution >= 4 is 103 Å². The van der Waals surface area contributed by atoms with Crippen molar-refractivity contribution < 1.29 is 4.42 Å². The van der Waals surface area contributed by atoms with Crippen LogP contribution in [0.5, 0.6) is 0 Å². The molecule has 0 amide bonds. The Labute approximate surface area is 298 Å². The van der Waals surface area contributed by atoms with Crippen molar-refractivity contribution in [3.63, 3.8) is 0 Å². The first-order valence-electron chi connectivity index (χ1n) is 17.3. The number of anilines is 3. The monoisotopic (exact) mass is 667 g/mol. The molecule has 0 bridgehead atoms. The maximum atomic E-state index is 6.68. The molecule has 0 N–H and O–H groups in total. The molecule has 0 atom stereocenters. The summed E-state index contributed by atoms with van der Waals surface area (Å²) in [5, 5.41) is 12.4. The van der Waals surface area contributed by atoms with Crippen LogP contribution >= 0.6 is 11.3 Å². The van der Waals surface area contributed by atoms with Crippen molar-refractivity contribution in [3.8, 4) is 11.1 Å². The third-order valence-electron chi connectivity index (χ3n) is 10.4. The summed E-state index contributed by atoms with van der Waals surface area (Å²) in [7, 11) is 0. The van der Waals surface area contributed by atoms with Crippen LogP contribution in [-0.4, -0.2) is 0 Å². The Morgan fingerprint density at radius 1 is 0.392 bits per heavy atom. The number of furan rings is 1. The summed E-state index contributed by atoms with van der Waals surface area (Å²) in [6, 6.07) is 63.7. The minimum atomic E-state index is 0.885. The fraction of sp³-hybridized carbons (Fsp3) is 0. The number of rotatable bonds is 4. The Kier molecular flexibility index (Phi) is 6.16. The number of hydrogen-bond donors (Lipinski definition) is 0. The minimum Gasteiger partial charge on any atom is -0.456 e. The molecule has 0 aliphatic heterocycles. The summed E-state index contributed by atoms with van der Waals surface area (Å²) < 4.78 is 9.26. The lowest BCUT2D eigenvalue weighted by molar-refractivity contribution is 0.669. The Balaban J connectivity index is 1.08. The van der Waals surface area contributed by atoms with Gasteiger partial charge in [-0.1, -0.05) is 109 Å². The van der Waals surface area contributed by atoms with Crippen molar-refractivity contribution in [2.75, 3.05) is 4.90 Å². The lowest BCUT2D eigenvalue weighted by Crippen LogP contribution is -2.10. The van der Waals surface area contributed by atoms with E-state index in [-0.39, 0.29) is 0 Å². The first-order chi connectivity index (χ1) is 25.2. The predicted octanol–water partition coefficient (Wildman–Crippen LogP) is 14.6. The lowest BCUT2D eigenvalue weighted by Gasteiger charge is -2.27. The fourth-order valence-electron chi connectivity index (χ4n) is 7.91. The van der Waals surface area contributed by atoms with E-state index in [9.17, 15) is 0 Å². The van der Waals surface area contributed by atoms with Crippen LogP contribution in [0, 0.1) is 0 Å². The van der Waals surface area contributed by atoms with Crippen molar-refractivity contribution in [3.05, 3.63) is 176 Å². The van der Waals surface area contributed by atoms with E-state index >= 15 is 0 Å². The van der Waals surface area contributed by atoms with Gasteiger partial charge in [-0.3, -0.25) is 0 Å². The first-order valence-corrected chi connectivity index (χ1v) is 18.1. The quantitative estimate of drug-likeness (QED) is 0.186. The summed E-state index contributed by atoms with van der Waals surface area (Å²) in [4.78, 5) is 2.36. The topological polar surface area (TPSA) is 16.4 Å². The van der Waals surface area contributed by atoms with E-state index < -0.39 is 0 Å². The average molecular weight is 668 g/mol. The number of fused-ring (bicyclic) bond motifs is 10. The number of nitrogens with zero attached hydrogens (tertiary/aromatic N) is 1. The van der Waals surface area contributed by atoms with Gasteiger partial charge in [0.15, 0.2) is 0 Å². The second-order valence-electron chi connectivity index (χ2n) is 13.3. The summed E-state index contributed by atoms with van der Waals surface area (Å²) in [6.45, 7) is 0. The van der Waals surface area contributed by atoms with Crippen LogP contribution in [-0.2, 0) is 0 Å². The molecule has 11 aromatic rings. The van der Waals surface area contributed by atoms with E-state index in [1.165, 1.54) is 69.0 Å². The summed E-state index contributed by atoms with van der Waals surface area (Å²) in [6.07, 6.45) is 0. The largest absolute Gasteiger partial charge is 0.456 e.